The fourth-order valence-corrected chi connectivity index (χ4v) is 5.53. The van der Waals surface area contributed by atoms with Gasteiger partial charge in [-0.3, -0.25) is 4.99 Å². The first-order valence-electron chi connectivity index (χ1n) is 8.94. The average Bonchev–Trinajstić information content (AvgIpc) is 3.43. The third-order valence-corrected chi connectivity index (χ3v) is 7.38. The molecule has 0 amide bonds. The number of carbonyl (C=O) groups excluding carboxylic acids is 1. The van der Waals surface area contributed by atoms with Gasteiger partial charge in [-0.25, -0.2) is 14.2 Å². The Hall–Kier alpha value is -2.16. The van der Waals surface area contributed by atoms with Crippen LogP contribution >= 0.6 is 34.9 Å². The van der Waals surface area contributed by atoms with E-state index in [0.717, 1.165) is 32.8 Å². The zero-order valence-electron chi connectivity index (χ0n) is 15.3. The van der Waals surface area contributed by atoms with E-state index in [-0.39, 0.29) is 18.4 Å². The van der Waals surface area contributed by atoms with Crippen molar-refractivity contribution in [1.29, 1.82) is 0 Å². The van der Waals surface area contributed by atoms with Gasteiger partial charge >= 0.3 is 5.97 Å². The first-order chi connectivity index (χ1) is 14.2. The topological polar surface area (TPSA) is 51.5 Å². The highest BCUT2D eigenvalue weighted by Crippen LogP contribution is 2.27. The number of thiazole rings is 1. The lowest BCUT2D eigenvalue weighted by atomic mass is 10.1. The lowest BCUT2D eigenvalue weighted by Gasteiger charge is -2.09. The molecule has 4 nitrogen and oxygen atoms in total. The van der Waals surface area contributed by atoms with E-state index < -0.39 is 0 Å². The third kappa shape index (κ3) is 5.26. The number of aromatic nitrogens is 1. The Balaban J connectivity index is 1.38. The highest BCUT2D eigenvalue weighted by molar-refractivity contribution is 8.38. The fraction of sp³-hybridized carbons (Fsp3) is 0.190. The molecule has 0 N–H and O–H groups in total. The first kappa shape index (κ1) is 20.1. The standard InChI is InChI=1S/C21H17FN2O2S3/c22-16-7-5-14(6-8-16)19-24-17(13-28-19)11-26-20(25)18-4-2-1-3-15(18)12-29-21-23-9-10-27-21/h1-8,13H,9-12H2. The second-order valence-electron chi connectivity index (χ2n) is 6.17. The van der Waals surface area contributed by atoms with Crippen LogP contribution in [0, 0.1) is 5.82 Å². The number of hydrogen-bond acceptors (Lipinski definition) is 7. The number of nitrogens with zero attached hydrogens (tertiary/aromatic N) is 2. The van der Waals surface area contributed by atoms with Crippen LogP contribution in [0.2, 0.25) is 0 Å². The molecule has 4 rings (SSSR count). The molecule has 0 bridgehead atoms. The van der Waals surface area contributed by atoms with Crippen molar-refractivity contribution >= 4 is 45.2 Å². The molecule has 0 unspecified atom stereocenters. The number of hydrogen-bond donors (Lipinski definition) is 0. The normalized spacial score (nSPS) is 13.3. The van der Waals surface area contributed by atoms with Crippen molar-refractivity contribution in [3.63, 3.8) is 0 Å². The molecule has 1 aliphatic heterocycles. The van der Waals surface area contributed by atoms with Crippen LogP contribution in [0.1, 0.15) is 21.6 Å². The average molecular weight is 445 g/mol. The number of rotatable bonds is 6. The van der Waals surface area contributed by atoms with Gasteiger partial charge in [0, 0.05) is 22.4 Å². The van der Waals surface area contributed by atoms with Gasteiger partial charge < -0.3 is 4.74 Å². The van der Waals surface area contributed by atoms with E-state index in [0.29, 0.717) is 17.0 Å². The summed E-state index contributed by atoms with van der Waals surface area (Å²) in [7, 11) is 0. The summed E-state index contributed by atoms with van der Waals surface area (Å²) in [6.07, 6.45) is 0. The molecule has 0 atom stereocenters. The third-order valence-electron chi connectivity index (χ3n) is 4.14. The summed E-state index contributed by atoms with van der Waals surface area (Å²) < 4.78 is 19.6. The van der Waals surface area contributed by atoms with Crippen molar-refractivity contribution < 1.29 is 13.9 Å². The van der Waals surface area contributed by atoms with E-state index in [1.54, 1.807) is 41.7 Å². The monoisotopic (exact) mass is 444 g/mol. The molecule has 0 radical (unpaired) electrons. The zero-order valence-corrected chi connectivity index (χ0v) is 17.8. The van der Waals surface area contributed by atoms with E-state index in [1.165, 1.54) is 23.5 Å². The number of halogens is 1. The van der Waals surface area contributed by atoms with E-state index in [1.807, 2.05) is 23.6 Å². The summed E-state index contributed by atoms with van der Waals surface area (Å²) in [6, 6.07) is 13.7. The maximum absolute atomic E-state index is 13.1. The lowest BCUT2D eigenvalue weighted by Crippen LogP contribution is -2.08. The van der Waals surface area contributed by atoms with Crippen molar-refractivity contribution in [2.24, 2.45) is 4.99 Å². The van der Waals surface area contributed by atoms with Gasteiger partial charge in [-0.05, 0) is 35.9 Å². The summed E-state index contributed by atoms with van der Waals surface area (Å²) in [5.74, 6) is 1.07. The van der Waals surface area contributed by atoms with Crippen LogP contribution < -0.4 is 0 Å². The van der Waals surface area contributed by atoms with Gasteiger partial charge in [-0.1, -0.05) is 41.7 Å². The summed E-state index contributed by atoms with van der Waals surface area (Å²) in [4.78, 5) is 21.5. The Morgan fingerprint density at radius 1 is 1.17 bits per heavy atom. The molecule has 0 spiro atoms. The van der Waals surface area contributed by atoms with E-state index in [4.69, 9.17) is 4.74 Å². The minimum atomic E-state index is -0.362. The molecule has 1 aromatic heterocycles. The van der Waals surface area contributed by atoms with Crippen molar-refractivity contribution in [1.82, 2.24) is 4.98 Å². The van der Waals surface area contributed by atoms with Gasteiger partial charge in [-0.15, -0.1) is 11.3 Å². The molecule has 0 aliphatic carbocycles. The predicted octanol–water partition coefficient (Wildman–Crippen LogP) is 5.64. The van der Waals surface area contributed by atoms with Gasteiger partial charge in [0.2, 0.25) is 0 Å². The summed E-state index contributed by atoms with van der Waals surface area (Å²) >= 11 is 4.84. The first-order valence-corrected chi connectivity index (χ1v) is 11.8. The Kier molecular flexibility index (Phi) is 6.63. The number of ether oxygens (including phenoxy) is 1. The highest BCUT2D eigenvalue weighted by atomic mass is 32.2. The van der Waals surface area contributed by atoms with Crippen LogP contribution in [0.5, 0.6) is 0 Å². The van der Waals surface area contributed by atoms with Crippen LogP contribution in [0.4, 0.5) is 4.39 Å². The number of aliphatic imine (C=N–C) groups is 1. The van der Waals surface area contributed by atoms with Gasteiger partial charge in [0.05, 0.1) is 17.8 Å². The molecule has 0 fully saturated rings. The smallest absolute Gasteiger partial charge is 0.338 e. The molecule has 0 saturated carbocycles. The Morgan fingerprint density at radius 2 is 2.00 bits per heavy atom. The molecule has 3 aromatic rings. The van der Waals surface area contributed by atoms with Gasteiger partial charge in [-0.2, -0.15) is 0 Å². The maximum atomic E-state index is 13.1. The minimum absolute atomic E-state index is 0.0978. The van der Waals surface area contributed by atoms with Gasteiger partial charge in [0.25, 0.3) is 0 Å². The van der Waals surface area contributed by atoms with Crippen LogP contribution in [0.15, 0.2) is 58.9 Å². The van der Waals surface area contributed by atoms with Crippen LogP contribution in [-0.4, -0.2) is 27.6 Å². The quantitative estimate of drug-likeness (QED) is 0.461. The van der Waals surface area contributed by atoms with E-state index in [2.05, 4.69) is 9.98 Å². The largest absolute Gasteiger partial charge is 0.456 e. The van der Waals surface area contributed by atoms with Crippen LogP contribution in [0.3, 0.4) is 0 Å². The van der Waals surface area contributed by atoms with Crippen LogP contribution in [0.25, 0.3) is 10.6 Å². The number of benzene rings is 2. The lowest BCUT2D eigenvalue weighted by molar-refractivity contribution is 0.0467. The number of carbonyl (C=O) groups is 1. The minimum Gasteiger partial charge on any atom is -0.456 e. The Morgan fingerprint density at radius 3 is 2.79 bits per heavy atom. The predicted molar refractivity (Wildman–Crippen MR) is 119 cm³/mol. The Labute approximate surface area is 180 Å². The van der Waals surface area contributed by atoms with Crippen molar-refractivity contribution in [2.45, 2.75) is 12.4 Å². The molecule has 148 valence electrons. The number of thioether (sulfide) groups is 2. The molecular formula is C21H17FN2O2S3. The Bertz CT molecular complexity index is 1030. The summed E-state index contributed by atoms with van der Waals surface area (Å²) in [6.45, 7) is 0.963. The summed E-state index contributed by atoms with van der Waals surface area (Å²) in [5, 5.41) is 2.62. The van der Waals surface area contributed by atoms with Gasteiger partial charge in [0.1, 0.15) is 21.8 Å². The molecule has 2 aromatic carbocycles. The second kappa shape index (κ2) is 9.56. The second-order valence-corrected chi connectivity index (χ2v) is 9.33. The van der Waals surface area contributed by atoms with Crippen molar-refractivity contribution in [2.75, 3.05) is 12.3 Å². The SMILES string of the molecule is O=C(OCc1csc(-c2ccc(F)cc2)n1)c1ccccc1CSC1=NCCS1. The van der Waals surface area contributed by atoms with Crippen LogP contribution in [-0.2, 0) is 17.1 Å². The number of esters is 1. The fourth-order valence-electron chi connectivity index (χ4n) is 2.70. The van der Waals surface area contributed by atoms with Crippen molar-refractivity contribution in [3.05, 3.63) is 76.5 Å². The summed E-state index contributed by atoms with van der Waals surface area (Å²) in [5.41, 5.74) is 3.01. The van der Waals surface area contributed by atoms with E-state index >= 15 is 0 Å². The molecule has 1 aliphatic rings. The zero-order chi connectivity index (χ0) is 20.1. The molecule has 0 saturated heterocycles. The van der Waals surface area contributed by atoms with Gasteiger partial charge in [0.15, 0.2) is 0 Å². The highest BCUT2D eigenvalue weighted by Gasteiger charge is 2.15. The van der Waals surface area contributed by atoms with Crippen molar-refractivity contribution in [3.8, 4) is 10.6 Å². The molecular weight excluding hydrogens is 427 g/mol. The molecule has 2 heterocycles. The molecule has 29 heavy (non-hydrogen) atoms. The molecule has 8 heteroatoms. The van der Waals surface area contributed by atoms with E-state index in [9.17, 15) is 9.18 Å². The maximum Gasteiger partial charge on any atom is 0.338 e.